The van der Waals surface area contributed by atoms with Crippen molar-refractivity contribution in [3.05, 3.63) is 6.33 Å². The van der Waals surface area contributed by atoms with Gasteiger partial charge in [-0.3, -0.25) is 4.57 Å². The van der Waals surface area contributed by atoms with Crippen LogP contribution < -0.4 is 4.90 Å². The van der Waals surface area contributed by atoms with Crippen molar-refractivity contribution >= 4 is 5.95 Å². The summed E-state index contributed by atoms with van der Waals surface area (Å²) in [6, 6.07) is 0. The summed E-state index contributed by atoms with van der Waals surface area (Å²) in [4.78, 5) is 2.12. The van der Waals surface area contributed by atoms with Gasteiger partial charge in [-0.05, 0) is 6.42 Å². The Labute approximate surface area is 59.5 Å². The van der Waals surface area contributed by atoms with Crippen molar-refractivity contribution in [3.63, 3.8) is 0 Å². The van der Waals surface area contributed by atoms with Crippen LogP contribution in [0.15, 0.2) is 6.33 Å². The van der Waals surface area contributed by atoms with Crippen LogP contribution in [0.4, 0.5) is 5.95 Å². The van der Waals surface area contributed by atoms with Gasteiger partial charge in [0, 0.05) is 20.1 Å². The van der Waals surface area contributed by atoms with Crippen molar-refractivity contribution in [2.24, 2.45) is 0 Å². The van der Waals surface area contributed by atoms with Crippen molar-refractivity contribution in [3.8, 4) is 0 Å². The molecule has 0 spiro atoms. The molecule has 2 rings (SSSR count). The van der Waals surface area contributed by atoms with E-state index in [1.807, 2.05) is 7.05 Å². The van der Waals surface area contributed by atoms with E-state index in [0.29, 0.717) is 0 Å². The highest BCUT2D eigenvalue weighted by Gasteiger charge is 2.13. The Morgan fingerprint density at radius 2 is 2.40 bits per heavy atom. The molecule has 1 aromatic rings. The Balaban J connectivity index is 2.41. The number of aryl methyl sites for hydroxylation is 1. The smallest absolute Gasteiger partial charge is 0.226 e. The number of hydrogen-bond donors (Lipinski definition) is 0. The molecule has 2 heterocycles. The molecule has 0 unspecified atom stereocenters. The summed E-state index contributed by atoms with van der Waals surface area (Å²) < 4.78 is 2.07. The predicted molar refractivity (Wildman–Crippen MR) is 37.9 cm³/mol. The van der Waals surface area contributed by atoms with E-state index in [4.69, 9.17) is 0 Å². The van der Waals surface area contributed by atoms with E-state index in [1.54, 1.807) is 6.33 Å². The first-order chi connectivity index (χ1) is 4.88. The molecule has 0 saturated heterocycles. The molecule has 4 nitrogen and oxygen atoms in total. The number of hydrogen-bond acceptors (Lipinski definition) is 3. The van der Waals surface area contributed by atoms with E-state index in [0.717, 1.165) is 19.0 Å². The average Bonchev–Trinajstić information content (AvgIpc) is 2.36. The minimum atomic E-state index is 0.992. The lowest BCUT2D eigenvalue weighted by molar-refractivity contribution is 0.579. The van der Waals surface area contributed by atoms with Gasteiger partial charge in [-0.25, -0.2) is 0 Å². The topological polar surface area (TPSA) is 34.0 Å². The van der Waals surface area contributed by atoms with E-state index >= 15 is 0 Å². The highest BCUT2D eigenvalue weighted by atomic mass is 15.4. The summed E-state index contributed by atoms with van der Waals surface area (Å²) in [6.45, 7) is 2.16. The van der Waals surface area contributed by atoms with E-state index < -0.39 is 0 Å². The Morgan fingerprint density at radius 3 is 3.20 bits per heavy atom. The minimum absolute atomic E-state index is 0.992. The molecule has 0 saturated carbocycles. The Morgan fingerprint density at radius 1 is 1.50 bits per heavy atom. The number of aromatic nitrogens is 3. The quantitative estimate of drug-likeness (QED) is 0.510. The first kappa shape index (κ1) is 5.70. The molecule has 0 atom stereocenters. The van der Waals surface area contributed by atoms with Crippen molar-refractivity contribution < 1.29 is 0 Å². The summed E-state index contributed by atoms with van der Waals surface area (Å²) in [5.74, 6) is 0.992. The zero-order chi connectivity index (χ0) is 6.97. The molecule has 4 heteroatoms. The third kappa shape index (κ3) is 0.683. The van der Waals surface area contributed by atoms with Crippen LogP contribution in [0.3, 0.4) is 0 Å². The Bertz CT molecular complexity index is 229. The van der Waals surface area contributed by atoms with Crippen molar-refractivity contribution in [1.82, 2.24) is 14.8 Å². The highest BCUT2D eigenvalue weighted by molar-refractivity contribution is 5.28. The van der Waals surface area contributed by atoms with Gasteiger partial charge in [-0.15, -0.1) is 10.2 Å². The molecule has 0 radical (unpaired) electrons. The van der Waals surface area contributed by atoms with E-state index in [-0.39, 0.29) is 0 Å². The molecule has 0 amide bonds. The number of anilines is 1. The SMILES string of the molecule is CN1CCCn2cnnc21. The van der Waals surface area contributed by atoms with Crippen LogP contribution >= 0.6 is 0 Å². The first-order valence-electron chi connectivity index (χ1n) is 3.47. The highest BCUT2D eigenvalue weighted by Crippen LogP contribution is 2.13. The predicted octanol–water partition coefficient (Wildman–Crippen LogP) is 0.118. The van der Waals surface area contributed by atoms with Crippen LogP contribution in [0.5, 0.6) is 0 Å². The number of nitrogens with zero attached hydrogens (tertiary/aromatic N) is 4. The second-order valence-electron chi connectivity index (χ2n) is 2.60. The summed E-state index contributed by atoms with van der Waals surface area (Å²) in [7, 11) is 2.04. The Hall–Kier alpha value is -1.06. The molecule has 0 N–H and O–H groups in total. The normalized spacial score (nSPS) is 17.1. The number of rotatable bonds is 0. The summed E-state index contributed by atoms with van der Waals surface area (Å²) >= 11 is 0. The molecule has 0 fully saturated rings. The van der Waals surface area contributed by atoms with Gasteiger partial charge >= 0.3 is 0 Å². The van der Waals surface area contributed by atoms with Gasteiger partial charge in [0.25, 0.3) is 0 Å². The standard InChI is InChI=1S/C6H10N4/c1-9-3-2-4-10-5-7-8-6(9)10/h5H,2-4H2,1H3. The molecule has 0 bridgehead atoms. The van der Waals surface area contributed by atoms with Gasteiger partial charge in [0.1, 0.15) is 6.33 Å². The van der Waals surface area contributed by atoms with Crippen LogP contribution in [0, 0.1) is 0 Å². The maximum atomic E-state index is 3.98. The van der Waals surface area contributed by atoms with E-state index in [9.17, 15) is 0 Å². The molecule has 0 aliphatic carbocycles. The van der Waals surface area contributed by atoms with E-state index in [2.05, 4.69) is 19.7 Å². The largest absolute Gasteiger partial charge is 0.344 e. The van der Waals surface area contributed by atoms with Crippen LogP contribution in [-0.2, 0) is 6.54 Å². The van der Waals surface area contributed by atoms with Crippen molar-refractivity contribution in [1.29, 1.82) is 0 Å². The maximum Gasteiger partial charge on any atom is 0.226 e. The first-order valence-corrected chi connectivity index (χ1v) is 3.47. The fourth-order valence-corrected chi connectivity index (χ4v) is 1.28. The zero-order valence-electron chi connectivity index (χ0n) is 5.99. The summed E-state index contributed by atoms with van der Waals surface area (Å²) in [5.41, 5.74) is 0. The van der Waals surface area contributed by atoms with Gasteiger partial charge in [-0.2, -0.15) is 0 Å². The third-order valence-electron chi connectivity index (χ3n) is 1.83. The molecule has 1 aromatic heterocycles. The summed E-state index contributed by atoms with van der Waals surface area (Å²) in [5, 5.41) is 7.80. The molecule has 1 aliphatic heterocycles. The van der Waals surface area contributed by atoms with Gasteiger partial charge in [0.15, 0.2) is 0 Å². The molecule has 0 aromatic carbocycles. The van der Waals surface area contributed by atoms with Crippen LogP contribution in [0.2, 0.25) is 0 Å². The molecular weight excluding hydrogens is 128 g/mol. The third-order valence-corrected chi connectivity index (χ3v) is 1.83. The van der Waals surface area contributed by atoms with Gasteiger partial charge < -0.3 is 4.90 Å². The molecule has 54 valence electrons. The van der Waals surface area contributed by atoms with Crippen molar-refractivity contribution in [2.75, 3.05) is 18.5 Å². The zero-order valence-corrected chi connectivity index (χ0v) is 5.99. The second kappa shape index (κ2) is 1.97. The minimum Gasteiger partial charge on any atom is -0.344 e. The van der Waals surface area contributed by atoms with Crippen LogP contribution in [0.1, 0.15) is 6.42 Å². The van der Waals surface area contributed by atoms with Gasteiger partial charge in [0.05, 0.1) is 0 Å². The fourth-order valence-electron chi connectivity index (χ4n) is 1.28. The summed E-state index contributed by atoms with van der Waals surface area (Å²) in [6.07, 6.45) is 2.98. The fraction of sp³-hybridized carbons (Fsp3) is 0.667. The second-order valence-corrected chi connectivity index (χ2v) is 2.60. The monoisotopic (exact) mass is 138 g/mol. The lowest BCUT2D eigenvalue weighted by atomic mass is 10.3. The number of fused-ring (bicyclic) bond motifs is 1. The molecule has 1 aliphatic rings. The maximum absolute atomic E-state index is 3.98. The lowest BCUT2D eigenvalue weighted by Gasteiger charge is -2.23. The molecule has 10 heavy (non-hydrogen) atoms. The van der Waals surface area contributed by atoms with E-state index in [1.165, 1.54) is 6.42 Å². The van der Waals surface area contributed by atoms with Gasteiger partial charge in [-0.1, -0.05) is 0 Å². The van der Waals surface area contributed by atoms with Crippen LogP contribution in [0.25, 0.3) is 0 Å². The average molecular weight is 138 g/mol. The van der Waals surface area contributed by atoms with Gasteiger partial charge in [0.2, 0.25) is 5.95 Å². The molecular formula is C6H10N4. The van der Waals surface area contributed by atoms with Crippen LogP contribution in [-0.4, -0.2) is 28.4 Å². The van der Waals surface area contributed by atoms with Crippen molar-refractivity contribution in [2.45, 2.75) is 13.0 Å². The lowest BCUT2D eigenvalue weighted by Crippen LogP contribution is -2.28. The Kier molecular flexibility index (Phi) is 1.12.